The van der Waals surface area contributed by atoms with Crippen molar-refractivity contribution in [2.24, 2.45) is 0 Å². The van der Waals surface area contributed by atoms with E-state index in [-0.39, 0.29) is 19.8 Å². The number of ether oxygens (including phenoxy) is 3. The van der Waals surface area contributed by atoms with Gasteiger partial charge >= 0.3 is 12.1 Å². The molecule has 0 aliphatic heterocycles. The van der Waals surface area contributed by atoms with Gasteiger partial charge in [-0.25, -0.2) is 9.59 Å². The lowest BCUT2D eigenvalue weighted by molar-refractivity contribution is -0.131. The van der Waals surface area contributed by atoms with Crippen LogP contribution in [0.5, 0.6) is 5.75 Å². The Hall–Kier alpha value is -3.87. The number of nitrogens with one attached hydrogen (secondary N) is 1. The van der Waals surface area contributed by atoms with Crippen molar-refractivity contribution >= 4 is 17.7 Å². The van der Waals surface area contributed by atoms with Gasteiger partial charge in [0.25, 0.3) is 0 Å². The first kappa shape index (κ1) is 24.4. The van der Waals surface area contributed by atoms with Crippen molar-refractivity contribution < 1.29 is 34.0 Å². The first-order valence-corrected chi connectivity index (χ1v) is 9.81. The number of carboxylic acids is 1. The lowest BCUT2D eigenvalue weighted by Crippen LogP contribution is -2.27. The summed E-state index contributed by atoms with van der Waals surface area (Å²) in [6.07, 6.45) is -0.383. The lowest BCUT2D eigenvalue weighted by Gasteiger charge is -2.25. The minimum Gasteiger partial charge on any atom is -0.491 e. The zero-order chi connectivity index (χ0) is 23.3. The molecule has 0 radical (unpaired) electrons. The Balaban J connectivity index is 2.25. The average molecular weight is 440 g/mol. The van der Waals surface area contributed by atoms with Crippen molar-refractivity contribution in [2.75, 3.05) is 25.1 Å². The number of hydrogen-bond donors (Lipinski definition) is 3. The van der Waals surface area contributed by atoms with Crippen molar-refractivity contribution in [2.45, 2.75) is 19.1 Å². The van der Waals surface area contributed by atoms with E-state index in [2.05, 4.69) is 5.32 Å². The molecule has 9 heteroatoms. The van der Waals surface area contributed by atoms with E-state index < -0.39 is 24.3 Å². The van der Waals surface area contributed by atoms with Crippen LogP contribution in [-0.2, 0) is 14.3 Å². The van der Waals surface area contributed by atoms with Gasteiger partial charge in [0.2, 0.25) is 0 Å². The van der Waals surface area contributed by atoms with Gasteiger partial charge in [0.1, 0.15) is 18.5 Å². The fraction of sp³-hybridized carbons (Fsp3) is 0.261. The van der Waals surface area contributed by atoms with Gasteiger partial charge in [-0.05, 0) is 55.0 Å². The molecular weight excluding hydrogens is 416 g/mol. The standard InChI is InChI=1S/C23H24N2O7/c1-2-30-20(11-12-21(27)28)22(17-5-9-19(10-6-17)31-14-13-26)32-23(29)25-18-7-3-16(15-24)4-8-18/h3-12,20,22,26H,2,13-14H2,1H3,(H,25,29)(H,27,28)/b12-11+/t20-,22-/m1/s1. The van der Waals surface area contributed by atoms with Gasteiger partial charge in [-0.15, -0.1) is 0 Å². The van der Waals surface area contributed by atoms with Crippen LogP contribution in [0.25, 0.3) is 0 Å². The van der Waals surface area contributed by atoms with Gasteiger partial charge < -0.3 is 24.4 Å². The van der Waals surface area contributed by atoms with Crippen LogP contribution in [0, 0.1) is 11.3 Å². The lowest BCUT2D eigenvalue weighted by atomic mass is 10.0. The van der Waals surface area contributed by atoms with Crippen LogP contribution in [0.15, 0.2) is 60.7 Å². The molecule has 9 nitrogen and oxygen atoms in total. The SMILES string of the molecule is CCO[C@H](/C=C/C(=O)O)[C@H](OC(=O)Nc1ccc(C#N)cc1)c1ccc(OCCO)cc1. The summed E-state index contributed by atoms with van der Waals surface area (Å²) in [7, 11) is 0. The largest absolute Gasteiger partial charge is 0.491 e. The number of nitrogens with zero attached hydrogens (tertiary/aromatic N) is 1. The third-order valence-corrected chi connectivity index (χ3v) is 4.15. The third-order valence-electron chi connectivity index (χ3n) is 4.15. The summed E-state index contributed by atoms with van der Waals surface area (Å²) < 4.78 is 16.6. The molecule has 0 unspecified atom stereocenters. The second-order valence-corrected chi connectivity index (χ2v) is 6.40. The van der Waals surface area contributed by atoms with E-state index in [0.717, 1.165) is 6.08 Å². The van der Waals surface area contributed by atoms with Crippen molar-refractivity contribution in [1.29, 1.82) is 5.26 Å². The predicted molar refractivity (Wildman–Crippen MR) is 115 cm³/mol. The number of aliphatic carboxylic acids is 1. The first-order valence-electron chi connectivity index (χ1n) is 9.81. The molecule has 0 fully saturated rings. The summed E-state index contributed by atoms with van der Waals surface area (Å²) in [5, 5.41) is 29.3. The molecule has 0 saturated heterocycles. The summed E-state index contributed by atoms with van der Waals surface area (Å²) in [6, 6.07) is 14.8. The zero-order valence-electron chi connectivity index (χ0n) is 17.4. The monoisotopic (exact) mass is 440 g/mol. The van der Waals surface area contributed by atoms with Crippen LogP contribution in [0.2, 0.25) is 0 Å². The molecule has 0 heterocycles. The second kappa shape index (κ2) is 12.7. The maximum atomic E-state index is 12.6. The van der Waals surface area contributed by atoms with E-state index in [1.54, 1.807) is 55.5 Å². The average Bonchev–Trinajstić information content (AvgIpc) is 2.80. The van der Waals surface area contributed by atoms with Crippen LogP contribution in [-0.4, -0.2) is 48.2 Å². The van der Waals surface area contributed by atoms with Crippen LogP contribution in [0.4, 0.5) is 10.5 Å². The number of rotatable bonds is 11. The highest BCUT2D eigenvalue weighted by Crippen LogP contribution is 2.27. The van der Waals surface area contributed by atoms with Crippen molar-refractivity contribution in [3.8, 4) is 11.8 Å². The molecule has 0 aliphatic rings. The topological polar surface area (TPSA) is 138 Å². The quantitative estimate of drug-likeness (QED) is 0.453. The normalized spacial score (nSPS) is 12.5. The van der Waals surface area contributed by atoms with Gasteiger partial charge in [0.05, 0.1) is 18.2 Å². The number of anilines is 1. The van der Waals surface area contributed by atoms with Crippen LogP contribution >= 0.6 is 0 Å². The molecule has 2 atom stereocenters. The van der Waals surface area contributed by atoms with Crippen molar-refractivity contribution in [3.05, 3.63) is 71.8 Å². The smallest absolute Gasteiger partial charge is 0.412 e. The predicted octanol–water partition coefficient (Wildman–Crippen LogP) is 3.27. The van der Waals surface area contributed by atoms with Gasteiger partial charge in [0, 0.05) is 18.4 Å². The Bertz CT molecular complexity index is 950. The number of carbonyl (C=O) groups is 2. The molecule has 1 amide bonds. The molecule has 2 aromatic rings. The van der Waals surface area contributed by atoms with E-state index in [1.165, 1.54) is 6.08 Å². The van der Waals surface area contributed by atoms with E-state index in [1.807, 2.05) is 6.07 Å². The molecule has 168 valence electrons. The van der Waals surface area contributed by atoms with Crippen LogP contribution in [0.3, 0.4) is 0 Å². The van der Waals surface area contributed by atoms with Gasteiger partial charge in [-0.3, -0.25) is 5.32 Å². The number of aliphatic hydroxyl groups is 1. The Labute approximate surface area is 185 Å². The Morgan fingerprint density at radius 1 is 1.16 bits per heavy atom. The fourth-order valence-corrected chi connectivity index (χ4v) is 2.75. The third kappa shape index (κ3) is 7.75. The van der Waals surface area contributed by atoms with Crippen LogP contribution < -0.4 is 10.1 Å². The minimum atomic E-state index is -1.16. The Morgan fingerprint density at radius 2 is 1.84 bits per heavy atom. The molecule has 0 saturated carbocycles. The fourth-order valence-electron chi connectivity index (χ4n) is 2.75. The highest BCUT2D eigenvalue weighted by molar-refractivity contribution is 5.85. The summed E-state index contributed by atoms with van der Waals surface area (Å²) in [4.78, 5) is 23.6. The molecule has 0 aliphatic carbocycles. The number of hydrogen-bond acceptors (Lipinski definition) is 7. The molecule has 3 N–H and O–H groups in total. The van der Waals surface area contributed by atoms with Gasteiger partial charge in [0.15, 0.2) is 6.10 Å². The molecule has 2 rings (SSSR count). The molecule has 32 heavy (non-hydrogen) atoms. The van der Waals surface area contributed by atoms with E-state index in [4.69, 9.17) is 29.7 Å². The maximum Gasteiger partial charge on any atom is 0.412 e. The van der Waals surface area contributed by atoms with E-state index in [0.29, 0.717) is 22.6 Å². The molecule has 0 bridgehead atoms. The number of amides is 1. The number of nitriles is 1. The second-order valence-electron chi connectivity index (χ2n) is 6.40. The minimum absolute atomic E-state index is 0.130. The first-order chi connectivity index (χ1) is 15.5. The molecular formula is C23H24N2O7. The van der Waals surface area contributed by atoms with Crippen molar-refractivity contribution in [1.82, 2.24) is 0 Å². The van der Waals surface area contributed by atoms with E-state index in [9.17, 15) is 9.59 Å². The maximum absolute atomic E-state index is 12.6. The highest BCUT2D eigenvalue weighted by Gasteiger charge is 2.26. The summed E-state index contributed by atoms with van der Waals surface area (Å²) >= 11 is 0. The molecule has 0 spiro atoms. The van der Waals surface area contributed by atoms with Crippen LogP contribution in [0.1, 0.15) is 24.2 Å². The van der Waals surface area contributed by atoms with Gasteiger partial charge in [-0.2, -0.15) is 5.26 Å². The number of aliphatic hydroxyl groups excluding tert-OH is 1. The van der Waals surface area contributed by atoms with Gasteiger partial charge in [-0.1, -0.05) is 12.1 Å². The number of carboxylic acid groups (broad SMARTS) is 1. The summed E-state index contributed by atoms with van der Waals surface area (Å²) in [5.41, 5.74) is 1.42. The Kier molecular flexibility index (Phi) is 9.71. The van der Waals surface area contributed by atoms with Crippen molar-refractivity contribution in [3.63, 3.8) is 0 Å². The molecule has 2 aromatic carbocycles. The zero-order valence-corrected chi connectivity index (χ0v) is 17.4. The number of carbonyl (C=O) groups excluding carboxylic acids is 1. The molecule has 0 aromatic heterocycles. The summed E-state index contributed by atoms with van der Waals surface area (Å²) in [6.45, 7) is 2.00. The summed E-state index contributed by atoms with van der Waals surface area (Å²) in [5.74, 6) is -0.652. The van der Waals surface area contributed by atoms with E-state index >= 15 is 0 Å². The number of benzene rings is 2. The highest BCUT2D eigenvalue weighted by atomic mass is 16.6. The Morgan fingerprint density at radius 3 is 2.41 bits per heavy atom.